The highest BCUT2D eigenvalue weighted by molar-refractivity contribution is 5.77. The summed E-state index contributed by atoms with van der Waals surface area (Å²) in [5, 5.41) is 8.95. The summed E-state index contributed by atoms with van der Waals surface area (Å²) in [6.07, 6.45) is -0.136. The van der Waals surface area contributed by atoms with E-state index in [9.17, 15) is 18.0 Å². The van der Waals surface area contributed by atoms with Gasteiger partial charge in [0.05, 0.1) is 17.4 Å². The van der Waals surface area contributed by atoms with Gasteiger partial charge in [0.15, 0.2) is 0 Å². The lowest BCUT2D eigenvalue weighted by atomic mass is 10.1. The number of rotatable bonds is 6. The van der Waals surface area contributed by atoms with Crippen molar-refractivity contribution in [3.8, 4) is 0 Å². The number of nitrogens with one attached hydrogen (secondary N) is 2. The molecular weight excluding hydrogens is 359 g/mol. The fraction of sp³-hybridized carbons (Fsp3) is 0.333. The van der Waals surface area contributed by atoms with Crippen LogP contribution in [0.25, 0.3) is 10.9 Å². The third-order valence-electron chi connectivity index (χ3n) is 4.12. The van der Waals surface area contributed by atoms with E-state index in [4.69, 9.17) is 0 Å². The van der Waals surface area contributed by atoms with E-state index in [0.717, 1.165) is 17.1 Å². The Morgan fingerprint density at radius 3 is 2.78 bits per heavy atom. The van der Waals surface area contributed by atoms with Gasteiger partial charge in [-0.3, -0.25) is 4.79 Å². The molecule has 2 aromatic heterocycles. The minimum atomic E-state index is -4.75. The second-order valence-electron chi connectivity index (χ2n) is 6.27. The zero-order valence-electron chi connectivity index (χ0n) is 14.5. The molecule has 0 spiro atoms. The first-order chi connectivity index (χ1) is 12.8. The number of fused-ring (bicyclic) bond motifs is 1. The highest BCUT2D eigenvalue weighted by atomic mass is 19.4. The molecule has 1 unspecified atom stereocenters. The SMILES string of the molecule is CC(CCCc1ncc2ccccc2n1)Nc1cn[nH]c(=O)c1C(F)(F)F. The standard InChI is InChI=1S/C18H18F3N5O/c1-11(24-14-10-23-26-17(27)16(14)18(19,20)21)5-4-8-15-22-9-12-6-2-3-7-13(12)25-15/h2-3,6-7,9-11H,4-5,8H2,1H3,(H2,24,26,27). The Bertz CT molecular complexity index is 986. The molecular formula is C18H18F3N5O. The average Bonchev–Trinajstić information content (AvgIpc) is 2.60. The van der Waals surface area contributed by atoms with Crippen LogP contribution < -0.4 is 10.9 Å². The van der Waals surface area contributed by atoms with Gasteiger partial charge in [-0.15, -0.1) is 0 Å². The van der Waals surface area contributed by atoms with Crippen LogP contribution in [0.3, 0.4) is 0 Å². The molecule has 9 heteroatoms. The number of aromatic nitrogens is 4. The molecule has 0 aliphatic rings. The van der Waals surface area contributed by atoms with Gasteiger partial charge in [-0.05, 0) is 25.8 Å². The summed E-state index contributed by atoms with van der Waals surface area (Å²) < 4.78 is 39.2. The number of para-hydroxylation sites is 1. The molecule has 0 amide bonds. The molecule has 0 saturated heterocycles. The molecule has 3 rings (SSSR count). The van der Waals surface area contributed by atoms with Crippen molar-refractivity contribution in [3.05, 3.63) is 58.4 Å². The lowest BCUT2D eigenvalue weighted by Gasteiger charge is -2.18. The van der Waals surface area contributed by atoms with Crippen LogP contribution >= 0.6 is 0 Å². The van der Waals surface area contributed by atoms with Crippen molar-refractivity contribution in [3.63, 3.8) is 0 Å². The quantitative estimate of drug-likeness (QED) is 0.686. The van der Waals surface area contributed by atoms with E-state index in [1.54, 1.807) is 13.1 Å². The van der Waals surface area contributed by atoms with Crippen LogP contribution in [-0.4, -0.2) is 26.2 Å². The molecule has 1 aromatic carbocycles. The van der Waals surface area contributed by atoms with Gasteiger partial charge in [-0.2, -0.15) is 18.3 Å². The molecule has 0 saturated carbocycles. The highest BCUT2D eigenvalue weighted by Crippen LogP contribution is 2.31. The maximum Gasteiger partial charge on any atom is 0.423 e. The Labute approximate surface area is 152 Å². The molecule has 0 bridgehead atoms. The van der Waals surface area contributed by atoms with E-state index in [2.05, 4.69) is 20.4 Å². The molecule has 1 atom stereocenters. The van der Waals surface area contributed by atoms with E-state index in [0.29, 0.717) is 25.1 Å². The Hall–Kier alpha value is -2.97. The molecule has 3 aromatic rings. The Balaban J connectivity index is 1.61. The summed E-state index contributed by atoms with van der Waals surface area (Å²) in [6.45, 7) is 1.75. The van der Waals surface area contributed by atoms with Crippen molar-refractivity contribution < 1.29 is 13.2 Å². The Morgan fingerprint density at radius 1 is 1.22 bits per heavy atom. The molecule has 0 aliphatic carbocycles. The largest absolute Gasteiger partial charge is 0.423 e. The molecule has 2 heterocycles. The first-order valence-corrected chi connectivity index (χ1v) is 8.46. The van der Waals surface area contributed by atoms with Crippen LogP contribution in [0.1, 0.15) is 31.2 Å². The number of hydrogen-bond acceptors (Lipinski definition) is 5. The summed E-state index contributed by atoms with van der Waals surface area (Å²) in [5.74, 6) is 0.690. The van der Waals surface area contributed by atoms with Gasteiger partial charge < -0.3 is 5.32 Å². The maximum atomic E-state index is 13.1. The lowest BCUT2D eigenvalue weighted by Crippen LogP contribution is -2.27. The van der Waals surface area contributed by atoms with Crippen molar-refractivity contribution in [2.24, 2.45) is 0 Å². The summed E-state index contributed by atoms with van der Waals surface area (Å²) in [4.78, 5) is 20.3. The fourth-order valence-electron chi connectivity index (χ4n) is 2.82. The number of alkyl halides is 3. The van der Waals surface area contributed by atoms with Crippen molar-refractivity contribution in [2.45, 2.75) is 38.4 Å². The first-order valence-electron chi connectivity index (χ1n) is 8.46. The minimum absolute atomic E-state index is 0.282. The zero-order chi connectivity index (χ0) is 19.4. The number of aryl methyl sites for hydroxylation is 1. The number of aromatic amines is 1. The molecule has 0 radical (unpaired) electrons. The molecule has 6 nitrogen and oxygen atoms in total. The average molecular weight is 377 g/mol. The predicted octanol–water partition coefficient (Wildman–Crippen LogP) is 3.56. The van der Waals surface area contributed by atoms with Gasteiger partial charge in [-0.25, -0.2) is 15.1 Å². The predicted molar refractivity (Wildman–Crippen MR) is 95.4 cm³/mol. The number of halogens is 3. The van der Waals surface area contributed by atoms with Gasteiger partial charge in [-0.1, -0.05) is 18.2 Å². The Morgan fingerprint density at radius 2 is 2.00 bits per heavy atom. The number of nitrogens with zero attached hydrogens (tertiary/aromatic N) is 3. The van der Waals surface area contributed by atoms with Crippen molar-refractivity contribution in [2.75, 3.05) is 5.32 Å². The van der Waals surface area contributed by atoms with Crippen molar-refractivity contribution >= 4 is 16.6 Å². The van der Waals surface area contributed by atoms with Crippen LogP contribution in [0, 0.1) is 0 Å². The van der Waals surface area contributed by atoms with Crippen molar-refractivity contribution in [1.82, 2.24) is 20.2 Å². The van der Waals surface area contributed by atoms with Crippen molar-refractivity contribution in [1.29, 1.82) is 0 Å². The van der Waals surface area contributed by atoms with Gasteiger partial charge in [0.2, 0.25) is 0 Å². The third-order valence-corrected chi connectivity index (χ3v) is 4.12. The van der Waals surface area contributed by atoms with E-state index < -0.39 is 17.3 Å². The third kappa shape index (κ3) is 4.60. The highest BCUT2D eigenvalue weighted by Gasteiger charge is 2.37. The molecule has 0 aliphatic heterocycles. The van der Waals surface area contributed by atoms with Crippen LogP contribution in [0.4, 0.5) is 18.9 Å². The second kappa shape index (κ2) is 7.73. The first kappa shape index (κ1) is 18.8. The van der Waals surface area contributed by atoms with Gasteiger partial charge >= 0.3 is 6.18 Å². The van der Waals surface area contributed by atoms with Gasteiger partial charge in [0.25, 0.3) is 5.56 Å². The smallest absolute Gasteiger partial charge is 0.381 e. The fourth-order valence-corrected chi connectivity index (χ4v) is 2.82. The summed E-state index contributed by atoms with van der Waals surface area (Å²) >= 11 is 0. The molecule has 27 heavy (non-hydrogen) atoms. The monoisotopic (exact) mass is 377 g/mol. The summed E-state index contributed by atoms with van der Waals surface area (Å²) in [7, 11) is 0. The molecule has 2 N–H and O–H groups in total. The lowest BCUT2D eigenvalue weighted by molar-refractivity contribution is -0.138. The zero-order valence-corrected chi connectivity index (χ0v) is 14.5. The normalized spacial score (nSPS) is 12.9. The minimum Gasteiger partial charge on any atom is -0.381 e. The summed E-state index contributed by atoms with van der Waals surface area (Å²) in [6, 6.07) is 7.37. The van der Waals surface area contributed by atoms with Gasteiger partial charge in [0, 0.05) is 24.0 Å². The molecule has 142 valence electrons. The molecule has 0 fully saturated rings. The number of H-pyrrole nitrogens is 1. The Kier molecular flexibility index (Phi) is 5.38. The van der Waals surface area contributed by atoms with E-state index in [1.165, 1.54) is 0 Å². The number of benzene rings is 1. The van der Waals surface area contributed by atoms with E-state index in [1.807, 2.05) is 29.4 Å². The van der Waals surface area contributed by atoms with Gasteiger partial charge in [0.1, 0.15) is 11.4 Å². The number of anilines is 1. The summed E-state index contributed by atoms with van der Waals surface area (Å²) in [5.41, 5.74) is -1.98. The number of hydrogen-bond donors (Lipinski definition) is 2. The van der Waals surface area contributed by atoms with Crippen LogP contribution in [0.5, 0.6) is 0 Å². The van der Waals surface area contributed by atoms with Crippen LogP contribution in [0.2, 0.25) is 0 Å². The van der Waals surface area contributed by atoms with Crippen LogP contribution in [-0.2, 0) is 12.6 Å². The maximum absolute atomic E-state index is 13.1. The van der Waals surface area contributed by atoms with E-state index in [-0.39, 0.29) is 11.7 Å². The second-order valence-corrected chi connectivity index (χ2v) is 6.27. The topological polar surface area (TPSA) is 83.6 Å². The van der Waals surface area contributed by atoms with E-state index >= 15 is 0 Å². The van der Waals surface area contributed by atoms with Crippen LogP contribution in [0.15, 0.2) is 41.5 Å².